The van der Waals surface area contributed by atoms with E-state index in [0.29, 0.717) is 13.2 Å². The van der Waals surface area contributed by atoms with Gasteiger partial charge in [-0.3, -0.25) is 9.09 Å². The molecule has 0 rings (SSSR count). The first kappa shape index (κ1) is 24.3. The molecule has 9 heteroatoms. The van der Waals surface area contributed by atoms with Crippen molar-refractivity contribution in [3.63, 3.8) is 0 Å². The van der Waals surface area contributed by atoms with Crippen LogP contribution in [0.15, 0.2) is 0 Å². The van der Waals surface area contributed by atoms with E-state index in [0.717, 1.165) is 0 Å². The standard InChI is InChI=1S/C16H34NO7P/c1-8-21-16(7,22-9-2)24-25(20,10-3)12-13(11-18)17-14(19)23-15(4,5)6/h13,18H,8-12H2,1-7H3,(H,17,19)/t13-,25?/m1/s1. The Labute approximate surface area is 151 Å². The molecule has 1 unspecified atom stereocenters. The molecule has 0 heterocycles. The molecule has 0 fully saturated rings. The summed E-state index contributed by atoms with van der Waals surface area (Å²) in [5.74, 6) is -1.44. The lowest BCUT2D eigenvalue weighted by molar-refractivity contribution is -0.328. The summed E-state index contributed by atoms with van der Waals surface area (Å²) in [5.41, 5.74) is -0.669. The molecule has 0 aliphatic rings. The number of carbonyl (C=O) groups excluding carboxylic acids is 1. The van der Waals surface area contributed by atoms with Crippen LogP contribution in [-0.2, 0) is 23.3 Å². The molecule has 0 saturated carbocycles. The second kappa shape index (κ2) is 10.5. The molecule has 0 aliphatic heterocycles. The van der Waals surface area contributed by atoms with Crippen molar-refractivity contribution in [1.29, 1.82) is 0 Å². The van der Waals surface area contributed by atoms with Gasteiger partial charge in [-0.2, -0.15) is 0 Å². The molecule has 0 bridgehead atoms. The normalized spacial score (nSPS) is 16.2. The molecule has 0 saturated heterocycles. The Balaban J connectivity index is 5.04. The van der Waals surface area contributed by atoms with Crippen molar-refractivity contribution < 1.29 is 33.2 Å². The number of nitrogens with one attached hydrogen (secondary N) is 1. The zero-order valence-electron chi connectivity index (χ0n) is 16.5. The first-order chi connectivity index (χ1) is 11.4. The molecule has 0 aliphatic carbocycles. The number of carbonyl (C=O) groups is 1. The van der Waals surface area contributed by atoms with Crippen LogP contribution in [0.3, 0.4) is 0 Å². The summed E-state index contributed by atoms with van der Waals surface area (Å²) in [4.78, 5) is 11.9. The fourth-order valence-corrected chi connectivity index (χ4v) is 4.16. The Morgan fingerprint density at radius 2 is 1.64 bits per heavy atom. The van der Waals surface area contributed by atoms with E-state index in [-0.39, 0.29) is 12.3 Å². The van der Waals surface area contributed by atoms with E-state index in [1.807, 2.05) is 0 Å². The summed E-state index contributed by atoms with van der Waals surface area (Å²) in [6, 6.07) is -0.770. The van der Waals surface area contributed by atoms with Gasteiger partial charge in [-0.25, -0.2) is 4.79 Å². The fourth-order valence-electron chi connectivity index (χ4n) is 2.11. The molecule has 0 aromatic carbocycles. The van der Waals surface area contributed by atoms with Crippen molar-refractivity contribution in [3.8, 4) is 0 Å². The molecule has 0 aromatic rings. The van der Waals surface area contributed by atoms with Gasteiger partial charge in [0.25, 0.3) is 5.97 Å². The molecule has 2 atom stereocenters. The van der Waals surface area contributed by atoms with Gasteiger partial charge in [-0.1, -0.05) is 6.92 Å². The lowest BCUT2D eigenvalue weighted by atomic mass is 10.2. The van der Waals surface area contributed by atoms with Gasteiger partial charge in [-0.15, -0.1) is 0 Å². The van der Waals surface area contributed by atoms with Gasteiger partial charge >= 0.3 is 6.09 Å². The van der Waals surface area contributed by atoms with Gasteiger partial charge in [0.2, 0.25) is 7.37 Å². The number of hydrogen-bond acceptors (Lipinski definition) is 7. The van der Waals surface area contributed by atoms with Crippen LogP contribution in [0.1, 0.15) is 48.5 Å². The van der Waals surface area contributed by atoms with Gasteiger partial charge in [0.1, 0.15) is 5.60 Å². The quantitative estimate of drug-likeness (QED) is 0.418. The smallest absolute Gasteiger partial charge is 0.407 e. The van der Waals surface area contributed by atoms with E-state index in [4.69, 9.17) is 18.7 Å². The summed E-state index contributed by atoms with van der Waals surface area (Å²) in [6.45, 7) is 12.3. The Kier molecular flexibility index (Phi) is 10.2. The minimum Gasteiger partial charge on any atom is -0.444 e. The third-order valence-electron chi connectivity index (χ3n) is 3.07. The monoisotopic (exact) mass is 383 g/mol. The zero-order valence-corrected chi connectivity index (χ0v) is 17.4. The maximum atomic E-state index is 13.1. The predicted molar refractivity (Wildman–Crippen MR) is 96.0 cm³/mol. The number of alkyl carbamates (subject to hydrolysis) is 1. The second-order valence-electron chi connectivity index (χ2n) is 6.66. The van der Waals surface area contributed by atoms with Crippen molar-refractivity contribution in [2.45, 2.75) is 66.1 Å². The number of aliphatic hydroxyl groups is 1. The van der Waals surface area contributed by atoms with E-state index in [1.165, 1.54) is 0 Å². The SMILES string of the molecule is CCOC(C)(OCC)OP(=O)(CC)C[C@@H](CO)NC(=O)OC(C)(C)C. The van der Waals surface area contributed by atoms with Gasteiger partial charge in [0.05, 0.1) is 12.6 Å². The number of hydrogen-bond donors (Lipinski definition) is 2. The first-order valence-electron chi connectivity index (χ1n) is 8.59. The fraction of sp³-hybridized carbons (Fsp3) is 0.938. The molecule has 2 N–H and O–H groups in total. The first-order valence-corrected chi connectivity index (χ1v) is 10.6. The number of ether oxygens (including phenoxy) is 3. The molecule has 25 heavy (non-hydrogen) atoms. The van der Waals surface area contributed by atoms with Crippen LogP contribution >= 0.6 is 7.37 Å². The summed E-state index contributed by atoms with van der Waals surface area (Å²) >= 11 is 0. The Morgan fingerprint density at radius 1 is 1.12 bits per heavy atom. The van der Waals surface area contributed by atoms with Gasteiger partial charge in [0, 0.05) is 32.5 Å². The summed E-state index contributed by atoms with van der Waals surface area (Å²) in [6.07, 6.45) is -0.545. The predicted octanol–water partition coefficient (Wildman–Crippen LogP) is 2.93. The molecular formula is C16H34NO7P. The van der Waals surface area contributed by atoms with Crippen molar-refractivity contribution in [2.75, 3.05) is 32.1 Å². The summed E-state index contributed by atoms with van der Waals surface area (Å²) < 4.78 is 34.8. The minimum absolute atomic E-state index is 0.0605. The zero-order chi connectivity index (χ0) is 19.7. The third kappa shape index (κ3) is 10.2. The van der Waals surface area contributed by atoms with Crippen LogP contribution in [-0.4, -0.2) is 61.0 Å². The van der Waals surface area contributed by atoms with E-state index in [9.17, 15) is 14.5 Å². The Bertz CT molecular complexity index is 444. The van der Waals surface area contributed by atoms with Gasteiger partial charge in [-0.05, 0) is 34.6 Å². The van der Waals surface area contributed by atoms with Crippen molar-refractivity contribution in [1.82, 2.24) is 5.32 Å². The molecule has 0 spiro atoms. The molecule has 0 radical (unpaired) electrons. The maximum Gasteiger partial charge on any atom is 0.407 e. The Morgan fingerprint density at radius 3 is 2.00 bits per heavy atom. The number of aliphatic hydroxyl groups excluding tert-OH is 1. The summed E-state index contributed by atoms with van der Waals surface area (Å²) in [5, 5.41) is 12.0. The third-order valence-corrected chi connectivity index (χ3v) is 5.69. The highest BCUT2D eigenvalue weighted by Gasteiger charge is 2.38. The van der Waals surface area contributed by atoms with E-state index in [1.54, 1.807) is 48.5 Å². The minimum atomic E-state index is -3.24. The summed E-state index contributed by atoms with van der Waals surface area (Å²) in [7, 11) is -3.24. The molecule has 0 aromatic heterocycles. The molecule has 1 amide bonds. The molecule has 8 nitrogen and oxygen atoms in total. The largest absolute Gasteiger partial charge is 0.444 e. The lowest BCUT2D eigenvalue weighted by Crippen LogP contribution is -2.44. The maximum absolute atomic E-state index is 13.1. The van der Waals surface area contributed by atoms with Crippen LogP contribution in [0.5, 0.6) is 0 Å². The van der Waals surface area contributed by atoms with Crippen molar-refractivity contribution >= 4 is 13.5 Å². The van der Waals surface area contributed by atoms with Crippen LogP contribution < -0.4 is 5.32 Å². The topological polar surface area (TPSA) is 103 Å². The number of amides is 1. The Hall–Kier alpha value is -0.660. The molecular weight excluding hydrogens is 349 g/mol. The van der Waals surface area contributed by atoms with Crippen molar-refractivity contribution in [2.24, 2.45) is 0 Å². The average molecular weight is 383 g/mol. The highest BCUT2D eigenvalue weighted by Crippen LogP contribution is 2.51. The van der Waals surface area contributed by atoms with Crippen LogP contribution in [0.2, 0.25) is 0 Å². The van der Waals surface area contributed by atoms with Crippen LogP contribution in [0.25, 0.3) is 0 Å². The number of rotatable bonds is 11. The average Bonchev–Trinajstić information content (AvgIpc) is 2.44. The van der Waals surface area contributed by atoms with E-state index < -0.39 is 37.7 Å². The van der Waals surface area contributed by atoms with Crippen LogP contribution in [0.4, 0.5) is 4.79 Å². The van der Waals surface area contributed by atoms with E-state index >= 15 is 0 Å². The van der Waals surface area contributed by atoms with Crippen LogP contribution in [0, 0.1) is 0 Å². The highest BCUT2D eigenvalue weighted by atomic mass is 31.2. The lowest BCUT2D eigenvalue weighted by Gasteiger charge is -2.33. The van der Waals surface area contributed by atoms with E-state index in [2.05, 4.69) is 5.32 Å². The molecule has 150 valence electrons. The van der Waals surface area contributed by atoms with Crippen molar-refractivity contribution in [3.05, 3.63) is 0 Å². The second-order valence-corrected chi connectivity index (χ2v) is 9.47. The van der Waals surface area contributed by atoms with Gasteiger partial charge < -0.3 is 24.6 Å². The van der Waals surface area contributed by atoms with Gasteiger partial charge in [0.15, 0.2) is 0 Å². The highest BCUT2D eigenvalue weighted by molar-refractivity contribution is 7.59.